The Balaban J connectivity index is 1.77. The van der Waals surface area contributed by atoms with Gasteiger partial charge in [-0.25, -0.2) is 4.98 Å². The lowest BCUT2D eigenvalue weighted by Gasteiger charge is -2.09. The number of fused-ring (bicyclic) bond motifs is 1. The highest BCUT2D eigenvalue weighted by atomic mass is 32.2. The van der Waals surface area contributed by atoms with Gasteiger partial charge in [0.15, 0.2) is 11.0 Å². The molecule has 0 saturated carbocycles. The fourth-order valence-corrected chi connectivity index (χ4v) is 3.17. The van der Waals surface area contributed by atoms with E-state index < -0.39 is 0 Å². The molecular weight excluding hydrogens is 320 g/mol. The van der Waals surface area contributed by atoms with Gasteiger partial charge >= 0.3 is 0 Å². The van der Waals surface area contributed by atoms with Crippen LogP contribution >= 0.6 is 11.8 Å². The number of pyridine rings is 1. The second kappa shape index (κ2) is 6.33. The number of hydrogen-bond acceptors (Lipinski definition) is 5. The highest BCUT2D eigenvalue weighted by molar-refractivity contribution is 8.15. The Bertz CT molecular complexity index is 940. The number of amides is 1. The average Bonchev–Trinajstić information content (AvgIpc) is 3.05. The van der Waals surface area contributed by atoms with Gasteiger partial charge < -0.3 is 5.32 Å². The minimum Gasteiger partial charge on any atom is -0.303 e. The number of hydrazone groups is 1. The maximum atomic E-state index is 11.3. The molecule has 0 bridgehead atoms. The van der Waals surface area contributed by atoms with Gasteiger partial charge in [0.25, 0.3) is 0 Å². The third kappa shape index (κ3) is 2.96. The van der Waals surface area contributed by atoms with Crippen LogP contribution in [-0.2, 0) is 4.79 Å². The highest BCUT2D eigenvalue weighted by Gasteiger charge is 2.16. The third-order valence-corrected chi connectivity index (χ3v) is 4.53. The number of carbonyl (C=O) groups is 1. The van der Waals surface area contributed by atoms with Gasteiger partial charge in [0.05, 0.1) is 11.4 Å². The Kier molecular flexibility index (Phi) is 3.88. The summed E-state index contributed by atoms with van der Waals surface area (Å²) in [6.07, 6.45) is 0. The molecule has 4 rings (SSSR count). The molecular formula is C18H14N4OS. The lowest BCUT2D eigenvalue weighted by atomic mass is 10.1. The number of hydrogen-bond donors (Lipinski definition) is 2. The quantitative estimate of drug-likeness (QED) is 0.720. The van der Waals surface area contributed by atoms with Crippen molar-refractivity contribution in [1.29, 1.82) is 0 Å². The molecule has 3 aromatic rings. The molecule has 0 unspecified atom stereocenters. The molecule has 1 aliphatic rings. The summed E-state index contributed by atoms with van der Waals surface area (Å²) in [5, 5.41) is 9.59. The first-order valence-corrected chi connectivity index (χ1v) is 8.50. The Morgan fingerprint density at radius 3 is 2.67 bits per heavy atom. The van der Waals surface area contributed by atoms with Crippen LogP contribution < -0.4 is 10.7 Å². The minimum absolute atomic E-state index is 0.0311. The van der Waals surface area contributed by atoms with Crippen molar-refractivity contribution in [3.63, 3.8) is 0 Å². The van der Waals surface area contributed by atoms with Gasteiger partial charge in [-0.2, -0.15) is 0 Å². The summed E-state index contributed by atoms with van der Waals surface area (Å²) in [5.74, 6) is 1.04. The van der Waals surface area contributed by atoms with Crippen LogP contribution in [0.25, 0.3) is 22.0 Å². The van der Waals surface area contributed by atoms with Crippen LogP contribution in [0.1, 0.15) is 0 Å². The van der Waals surface area contributed by atoms with Crippen LogP contribution in [0, 0.1) is 0 Å². The van der Waals surface area contributed by atoms with Gasteiger partial charge in [-0.1, -0.05) is 66.4 Å². The highest BCUT2D eigenvalue weighted by Crippen LogP contribution is 2.27. The van der Waals surface area contributed by atoms with Gasteiger partial charge in [0.2, 0.25) is 5.91 Å². The van der Waals surface area contributed by atoms with Crippen molar-refractivity contribution in [1.82, 2.24) is 10.3 Å². The molecule has 1 amide bonds. The van der Waals surface area contributed by atoms with E-state index in [4.69, 9.17) is 4.98 Å². The summed E-state index contributed by atoms with van der Waals surface area (Å²) in [6.45, 7) is 0. The molecule has 6 heteroatoms. The lowest BCUT2D eigenvalue weighted by molar-refractivity contribution is -0.116. The van der Waals surface area contributed by atoms with Crippen molar-refractivity contribution in [3.8, 4) is 11.3 Å². The van der Waals surface area contributed by atoms with Crippen LogP contribution in [0.3, 0.4) is 0 Å². The van der Waals surface area contributed by atoms with Crippen molar-refractivity contribution >= 4 is 39.4 Å². The number of nitrogens with zero attached hydrogens (tertiary/aromatic N) is 2. The number of benzene rings is 2. The summed E-state index contributed by atoms with van der Waals surface area (Å²) >= 11 is 1.37. The Morgan fingerprint density at radius 2 is 1.88 bits per heavy atom. The molecule has 0 aliphatic carbocycles. The molecule has 5 nitrogen and oxygen atoms in total. The monoisotopic (exact) mass is 334 g/mol. The van der Waals surface area contributed by atoms with E-state index in [9.17, 15) is 4.79 Å². The first-order valence-electron chi connectivity index (χ1n) is 7.51. The zero-order valence-corrected chi connectivity index (χ0v) is 13.5. The predicted molar refractivity (Wildman–Crippen MR) is 98.8 cm³/mol. The molecule has 24 heavy (non-hydrogen) atoms. The van der Waals surface area contributed by atoms with Crippen molar-refractivity contribution in [2.75, 3.05) is 11.2 Å². The molecule has 0 spiro atoms. The third-order valence-electron chi connectivity index (χ3n) is 3.66. The Hall–Kier alpha value is -2.86. The summed E-state index contributed by atoms with van der Waals surface area (Å²) in [6, 6.07) is 20.1. The number of thioether (sulfide) groups is 1. The minimum atomic E-state index is -0.0311. The van der Waals surface area contributed by atoms with E-state index in [0.717, 1.165) is 22.0 Å². The second-order valence-corrected chi connectivity index (χ2v) is 6.27. The maximum Gasteiger partial charge on any atom is 0.236 e. The largest absolute Gasteiger partial charge is 0.303 e. The fraction of sp³-hybridized carbons (Fsp3) is 0.0556. The standard InChI is InChI=1S/C18H14N4OS/c23-16-11-24-18(20-16)22-21-17-14-9-5-4-8-13(14)10-15(19-17)12-6-2-1-3-7-12/h1-10H,11H2,(H,19,21)(H,20,22,23). The first-order chi connectivity index (χ1) is 11.8. The molecule has 2 heterocycles. The van der Waals surface area contributed by atoms with Crippen molar-refractivity contribution in [3.05, 3.63) is 60.7 Å². The SMILES string of the molecule is O=C1CS/C(=N\Nc2nc(-c3ccccc3)cc3ccccc23)N1. The van der Waals surface area contributed by atoms with E-state index in [1.54, 1.807) is 0 Å². The molecule has 1 aliphatic heterocycles. The number of carbonyl (C=O) groups excluding carboxylic acids is 1. The Morgan fingerprint density at radius 1 is 1.08 bits per heavy atom. The zero-order chi connectivity index (χ0) is 16.4. The molecule has 0 radical (unpaired) electrons. The van der Waals surface area contributed by atoms with E-state index in [2.05, 4.69) is 21.9 Å². The Labute approximate surface area is 143 Å². The zero-order valence-electron chi connectivity index (χ0n) is 12.7. The van der Waals surface area contributed by atoms with Crippen LogP contribution in [-0.4, -0.2) is 21.8 Å². The maximum absolute atomic E-state index is 11.3. The molecule has 0 atom stereocenters. The van der Waals surface area contributed by atoms with E-state index >= 15 is 0 Å². The molecule has 1 aromatic heterocycles. The summed E-state index contributed by atoms with van der Waals surface area (Å²) in [7, 11) is 0. The van der Waals surface area contributed by atoms with Crippen molar-refractivity contribution in [2.45, 2.75) is 0 Å². The normalized spacial score (nSPS) is 15.7. The summed E-state index contributed by atoms with van der Waals surface area (Å²) in [4.78, 5) is 16.0. The van der Waals surface area contributed by atoms with E-state index in [-0.39, 0.29) is 5.91 Å². The number of aromatic nitrogens is 1. The first kappa shape index (κ1) is 14.7. The smallest absolute Gasteiger partial charge is 0.236 e. The fourth-order valence-electron chi connectivity index (χ4n) is 2.53. The van der Waals surface area contributed by atoms with Crippen LogP contribution in [0.5, 0.6) is 0 Å². The number of rotatable bonds is 3. The summed E-state index contributed by atoms with van der Waals surface area (Å²) < 4.78 is 0. The van der Waals surface area contributed by atoms with Gasteiger partial charge in [-0.3, -0.25) is 10.2 Å². The molecule has 1 saturated heterocycles. The molecule has 1 fully saturated rings. The summed E-state index contributed by atoms with van der Waals surface area (Å²) in [5.41, 5.74) is 4.92. The van der Waals surface area contributed by atoms with Crippen LogP contribution in [0.2, 0.25) is 0 Å². The number of amidine groups is 1. The average molecular weight is 334 g/mol. The van der Waals surface area contributed by atoms with Gasteiger partial charge in [0, 0.05) is 10.9 Å². The van der Waals surface area contributed by atoms with Crippen molar-refractivity contribution in [2.24, 2.45) is 5.10 Å². The van der Waals surface area contributed by atoms with Gasteiger partial charge in [-0.05, 0) is 11.5 Å². The van der Waals surface area contributed by atoms with Crippen LogP contribution in [0.15, 0.2) is 65.8 Å². The topological polar surface area (TPSA) is 66.4 Å². The van der Waals surface area contributed by atoms with Crippen LogP contribution in [0.4, 0.5) is 5.82 Å². The van der Waals surface area contributed by atoms with E-state index in [1.165, 1.54) is 11.8 Å². The molecule has 2 aromatic carbocycles. The number of anilines is 1. The lowest BCUT2D eigenvalue weighted by Crippen LogP contribution is -2.21. The number of nitrogens with one attached hydrogen (secondary N) is 2. The van der Waals surface area contributed by atoms with Gasteiger partial charge in [0.1, 0.15) is 0 Å². The van der Waals surface area contributed by atoms with E-state index in [1.807, 2.05) is 54.6 Å². The molecule has 2 N–H and O–H groups in total. The second-order valence-electron chi connectivity index (χ2n) is 5.31. The van der Waals surface area contributed by atoms with Gasteiger partial charge in [-0.15, -0.1) is 5.10 Å². The molecule has 118 valence electrons. The predicted octanol–water partition coefficient (Wildman–Crippen LogP) is 3.45. The van der Waals surface area contributed by atoms with Crippen molar-refractivity contribution < 1.29 is 4.79 Å². The van der Waals surface area contributed by atoms with E-state index in [0.29, 0.717) is 16.7 Å².